The Bertz CT molecular complexity index is 1620. The monoisotopic (exact) mass is 388 g/mol. The van der Waals surface area contributed by atoms with E-state index in [1.165, 1.54) is 0 Å². The van der Waals surface area contributed by atoms with Crippen LogP contribution < -0.4 is 11.1 Å². The molecule has 0 aliphatic carbocycles. The predicted molar refractivity (Wildman–Crippen MR) is 114 cm³/mol. The minimum atomic E-state index is -0.491. The summed E-state index contributed by atoms with van der Waals surface area (Å²) in [4.78, 5) is 43.0. The molecule has 0 unspecified atom stereocenters. The minimum absolute atomic E-state index is 0.202. The van der Waals surface area contributed by atoms with E-state index in [0.29, 0.717) is 11.4 Å². The summed E-state index contributed by atoms with van der Waals surface area (Å²) in [6.07, 6.45) is 0. The van der Waals surface area contributed by atoms with E-state index < -0.39 is 11.1 Å². The third-order valence-corrected chi connectivity index (χ3v) is 5.26. The summed E-state index contributed by atoms with van der Waals surface area (Å²) in [5.41, 5.74) is 2.04. The zero-order chi connectivity index (χ0) is 20.2. The number of nitrogens with zero attached hydrogens (tertiary/aromatic N) is 4. The van der Waals surface area contributed by atoms with E-state index in [0.717, 1.165) is 21.8 Å². The maximum absolute atomic E-state index is 12.8. The van der Waals surface area contributed by atoms with Crippen molar-refractivity contribution in [3.63, 3.8) is 0 Å². The topological polar surface area (TPSA) is 85.7 Å². The van der Waals surface area contributed by atoms with E-state index in [1.807, 2.05) is 60.7 Å². The number of fused-ring (bicyclic) bond motifs is 2. The molecule has 0 N–H and O–H groups in total. The summed E-state index contributed by atoms with van der Waals surface area (Å²) in [5.74, 6) is 0. The molecule has 4 heterocycles. The Hall–Kier alpha value is -4.32. The molecule has 0 saturated heterocycles. The fourth-order valence-electron chi connectivity index (χ4n) is 3.85. The van der Waals surface area contributed by atoms with Crippen molar-refractivity contribution in [1.29, 1.82) is 0 Å². The van der Waals surface area contributed by atoms with Gasteiger partial charge in [0.2, 0.25) is 0 Å². The quantitative estimate of drug-likeness (QED) is 0.453. The van der Waals surface area contributed by atoms with Crippen LogP contribution in [0, 0.1) is 10.4 Å². The lowest BCUT2D eigenvalue weighted by Gasteiger charge is -1.99. The van der Waals surface area contributed by atoms with Crippen LogP contribution in [0.2, 0.25) is 0 Å². The van der Waals surface area contributed by atoms with Crippen LogP contribution in [0.4, 0.5) is 0 Å². The highest BCUT2D eigenvalue weighted by Crippen LogP contribution is 2.24. The highest BCUT2D eigenvalue weighted by Gasteiger charge is 2.21. The molecular weight excluding hydrogens is 376 g/mol. The average Bonchev–Trinajstić information content (AvgIpc) is 3.31. The number of aromatic nitrogens is 4. The van der Waals surface area contributed by atoms with Gasteiger partial charge < -0.3 is 0 Å². The third kappa shape index (κ3) is 2.37. The largest absolute Gasteiger partial charge is 0.280 e. The van der Waals surface area contributed by atoms with E-state index in [-0.39, 0.29) is 21.8 Å². The molecule has 4 aromatic rings. The van der Waals surface area contributed by atoms with Crippen LogP contribution in [0.1, 0.15) is 0 Å². The molecule has 0 fully saturated rings. The molecule has 2 aliphatic rings. The first kappa shape index (κ1) is 16.6. The van der Waals surface area contributed by atoms with Gasteiger partial charge in [0.25, 0.3) is 11.1 Å². The minimum Gasteiger partial charge on any atom is -0.267 e. The van der Waals surface area contributed by atoms with Gasteiger partial charge in [-0.25, -0.2) is 19.9 Å². The van der Waals surface area contributed by atoms with Crippen molar-refractivity contribution in [2.45, 2.75) is 0 Å². The van der Waals surface area contributed by atoms with Crippen molar-refractivity contribution in [2.75, 3.05) is 0 Å². The van der Waals surface area contributed by atoms with Crippen molar-refractivity contribution >= 4 is 21.8 Å². The number of hydrogen-bond acceptors (Lipinski definition) is 6. The van der Waals surface area contributed by atoms with Crippen LogP contribution in [-0.4, -0.2) is 19.9 Å². The molecule has 140 valence electrons. The van der Waals surface area contributed by atoms with Gasteiger partial charge >= 0.3 is 0 Å². The lowest BCUT2D eigenvalue weighted by molar-refractivity contribution is 1.20. The Morgan fingerprint density at radius 2 is 0.900 bits per heavy atom. The lowest BCUT2D eigenvalue weighted by Crippen LogP contribution is -2.05. The SMILES string of the molecule is O=c1nc(-c2ccc3ccccc3n2)c2c(=O)nc(-c3ccc4ccccc4n3)c1=2. The Balaban J connectivity index is 1.63. The molecule has 6 heteroatoms. The van der Waals surface area contributed by atoms with Crippen LogP contribution in [0.5, 0.6) is 0 Å². The molecular formula is C24H12N4O2. The highest BCUT2D eigenvalue weighted by atomic mass is 16.1. The molecule has 0 radical (unpaired) electrons. The van der Waals surface area contributed by atoms with Crippen molar-refractivity contribution in [3.05, 3.63) is 104 Å². The van der Waals surface area contributed by atoms with Crippen LogP contribution in [0.15, 0.2) is 82.4 Å². The summed E-state index contributed by atoms with van der Waals surface area (Å²) < 4.78 is 0. The maximum Gasteiger partial charge on any atom is 0.280 e. The van der Waals surface area contributed by atoms with Gasteiger partial charge in [0.15, 0.2) is 0 Å². The second kappa shape index (κ2) is 6.09. The van der Waals surface area contributed by atoms with E-state index in [2.05, 4.69) is 19.9 Å². The zero-order valence-corrected chi connectivity index (χ0v) is 15.5. The molecule has 2 aliphatic heterocycles. The molecule has 2 aromatic heterocycles. The number of hydrogen-bond donors (Lipinski definition) is 0. The van der Waals surface area contributed by atoms with Gasteiger partial charge in [-0.1, -0.05) is 48.5 Å². The number of rotatable bonds is 2. The molecule has 0 saturated carbocycles. The van der Waals surface area contributed by atoms with Gasteiger partial charge in [0, 0.05) is 10.8 Å². The standard InChI is InChI=1S/C24H12N4O2/c29-23-19-20(22(28-23)18-12-10-14-6-2-4-8-16(14)26-18)24(30)27-21(19)17-11-9-13-5-1-3-7-15(13)25-17/h1-12H. The van der Waals surface area contributed by atoms with E-state index in [9.17, 15) is 9.59 Å². The smallest absolute Gasteiger partial charge is 0.267 e. The van der Waals surface area contributed by atoms with Crippen molar-refractivity contribution in [2.24, 2.45) is 0 Å². The van der Waals surface area contributed by atoms with Crippen molar-refractivity contribution in [3.8, 4) is 22.8 Å². The summed E-state index contributed by atoms with van der Waals surface area (Å²) >= 11 is 0. The Morgan fingerprint density at radius 3 is 1.37 bits per heavy atom. The first-order chi connectivity index (χ1) is 14.7. The van der Waals surface area contributed by atoms with Gasteiger partial charge in [-0.15, -0.1) is 0 Å². The normalized spacial score (nSPS) is 11.6. The van der Waals surface area contributed by atoms with Crippen LogP contribution in [-0.2, 0) is 0 Å². The average molecular weight is 388 g/mol. The first-order valence-electron chi connectivity index (χ1n) is 9.42. The second-order valence-electron chi connectivity index (χ2n) is 7.06. The van der Waals surface area contributed by atoms with E-state index in [1.54, 1.807) is 12.1 Å². The summed E-state index contributed by atoms with van der Waals surface area (Å²) in [7, 11) is 0. The zero-order valence-electron chi connectivity index (χ0n) is 15.5. The molecule has 0 amide bonds. The fourth-order valence-corrected chi connectivity index (χ4v) is 3.85. The van der Waals surface area contributed by atoms with Gasteiger partial charge in [0.1, 0.15) is 11.4 Å². The first-order valence-corrected chi connectivity index (χ1v) is 9.42. The van der Waals surface area contributed by atoms with E-state index in [4.69, 9.17) is 0 Å². The van der Waals surface area contributed by atoms with Crippen molar-refractivity contribution in [1.82, 2.24) is 19.9 Å². The van der Waals surface area contributed by atoms with Crippen molar-refractivity contribution < 1.29 is 0 Å². The van der Waals surface area contributed by atoms with Crippen LogP contribution in [0.3, 0.4) is 0 Å². The van der Waals surface area contributed by atoms with Gasteiger partial charge in [0.05, 0.1) is 32.9 Å². The fraction of sp³-hybridized carbons (Fsp3) is 0. The molecule has 0 bridgehead atoms. The molecule has 0 spiro atoms. The Morgan fingerprint density at radius 1 is 0.467 bits per heavy atom. The number of pyridine rings is 2. The summed E-state index contributed by atoms with van der Waals surface area (Å²) in [6.45, 7) is 0. The predicted octanol–water partition coefficient (Wildman–Crippen LogP) is 3.23. The van der Waals surface area contributed by atoms with E-state index >= 15 is 0 Å². The maximum atomic E-state index is 12.8. The molecule has 2 aromatic carbocycles. The van der Waals surface area contributed by atoms with Crippen LogP contribution >= 0.6 is 0 Å². The number of benzene rings is 2. The van der Waals surface area contributed by atoms with Gasteiger partial charge in [-0.3, -0.25) is 9.59 Å². The Labute approximate surface area is 168 Å². The van der Waals surface area contributed by atoms with Gasteiger partial charge in [-0.2, -0.15) is 0 Å². The molecule has 30 heavy (non-hydrogen) atoms. The molecule has 6 nitrogen and oxygen atoms in total. The number of para-hydroxylation sites is 2. The highest BCUT2D eigenvalue weighted by molar-refractivity contribution is 5.82. The van der Waals surface area contributed by atoms with Crippen LogP contribution in [0.25, 0.3) is 44.6 Å². The summed E-state index contributed by atoms with van der Waals surface area (Å²) in [6, 6.07) is 22.6. The molecule has 0 atom stereocenters. The second-order valence-corrected chi connectivity index (χ2v) is 7.06. The lowest BCUT2D eigenvalue weighted by atomic mass is 10.1. The van der Waals surface area contributed by atoms with Gasteiger partial charge in [-0.05, 0) is 24.3 Å². The summed E-state index contributed by atoms with van der Waals surface area (Å²) in [5, 5.41) is 2.34. The third-order valence-electron chi connectivity index (χ3n) is 5.26. The Kier molecular flexibility index (Phi) is 3.37. The molecule has 6 rings (SSSR count).